The van der Waals surface area contributed by atoms with Crippen molar-refractivity contribution in [2.75, 3.05) is 0 Å². The summed E-state index contributed by atoms with van der Waals surface area (Å²) in [6.45, 7) is 0. The van der Waals surface area contributed by atoms with E-state index in [0.717, 1.165) is 51.4 Å². The summed E-state index contributed by atoms with van der Waals surface area (Å²) in [5, 5.41) is 0. The second-order valence-electron chi connectivity index (χ2n) is 6.26. The molecule has 2 aliphatic rings. The van der Waals surface area contributed by atoms with Crippen LogP contribution in [0.2, 0.25) is 0 Å². The van der Waals surface area contributed by atoms with Crippen LogP contribution in [0.5, 0.6) is 0 Å². The lowest BCUT2D eigenvalue weighted by Gasteiger charge is -2.24. The maximum Gasteiger partial charge on any atom is 0.323 e. The van der Waals surface area contributed by atoms with Crippen LogP contribution in [0.4, 0.5) is 0 Å². The highest BCUT2D eigenvalue weighted by atomic mass is 35.5. The highest BCUT2D eigenvalue weighted by Crippen LogP contribution is 2.22. The van der Waals surface area contributed by atoms with Crippen molar-refractivity contribution in [3.05, 3.63) is 0 Å². The van der Waals surface area contributed by atoms with Gasteiger partial charge >= 0.3 is 11.9 Å². The van der Waals surface area contributed by atoms with E-state index >= 15 is 0 Å². The Labute approximate surface area is 138 Å². The molecule has 1 atom stereocenters. The third-order valence-corrected chi connectivity index (χ3v) is 4.37. The van der Waals surface area contributed by atoms with Gasteiger partial charge < -0.3 is 15.2 Å². The summed E-state index contributed by atoms with van der Waals surface area (Å²) >= 11 is 0. The van der Waals surface area contributed by atoms with Crippen LogP contribution in [0, 0.1) is 0 Å². The van der Waals surface area contributed by atoms with E-state index in [1.54, 1.807) is 0 Å². The van der Waals surface area contributed by atoms with Gasteiger partial charge in [0, 0.05) is 0 Å². The molecule has 0 aliphatic heterocycles. The van der Waals surface area contributed by atoms with Crippen LogP contribution in [-0.4, -0.2) is 30.2 Å². The zero-order valence-electron chi connectivity index (χ0n) is 13.1. The molecule has 2 aliphatic carbocycles. The van der Waals surface area contributed by atoms with Crippen molar-refractivity contribution in [3.8, 4) is 0 Å². The summed E-state index contributed by atoms with van der Waals surface area (Å²) in [5.74, 6) is -0.850. The molecule has 0 amide bonds. The number of nitrogens with two attached hydrogens (primary N) is 1. The molecule has 0 aromatic rings. The van der Waals surface area contributed by atoms with Gasteiger partial charge in [-0.15, -0.1) is 12.4 Å². The predicted octanol–water partition coefficient (Wildman–Crippen LogP) is 2.88. The van der Waals surface area contributed by atoms with Gasteiger partial charge in [-0.05, 0) is 51.4 Å². The predicted molar refractivity (Wildman–Crippen MR) is 85.8 cm³/mol. The molecule has 0 heterocycles. The van der Waals surface area contributed by atoms with Gasteiger partial charge in [0.1, 0.15) is 18.2 Å². The van der Waals surface area contributed by atoms with E-state index in [0.29, 0.717) is 0 Å². The van der Waals surface area contributed by atoms with Crippen LogP contribution in [0.25, 0.3) is 0 Å². The van der Waals surface area contributed by atoms with Crippen molar-refractivity contribution in [1.82, 2.24) is 0 Å². The Morgan fingerprint density at radius 1 is 0.864 bits per heavy atom. The molecule has 0 saturated heterocycles. The molecule has 2 rings (SSSR count). The summed E-state index contributed by atoms with van der Waals surface area (Å²) < 4.78 is 10.7. The first-order valence-corrected chi connectivity index (χ1v) is 8.30. The number of ether oxygens (including phenoxy) is 2. The smallest absolute Gasteiger partial charge is 0.323 e. The van der Waals surface area contributed by atoms with Gasteiger partial charge in [-0.3, -0.25) is 9.59 Å². The molecule has 2 fully saturated rings. The monoisotopic (exact) mass is 333 g/mol. The van der Waals surface area contributed by atoms with Crippen LogP contribution in [-0.2, 0) is 19.1 Å². The summed E-state index contributed by atoms with van der Waals surface area (Å²) in [6, 6.07) is -0.900. The topological polar surface area (TPSA) is 78.6 Å². The average Bonchev–Trinajstić information content (AvgIpc) is 2.49. The van der Waals surface area contributed by atoms with E-state index in [1.807, 2.05) is 0 Å². The molecule has 5 nitrogen and oxygen atoms in total. The summed E-state index contributed by atoms with van der Waals surface area (Å²) in [4.78, 5) is 23.7. The van der Waals surface area contributed by atoms with Crippen molar-refractivity contribution in [3.63, 3.8) is 0 Å². The van der Waals surface area contributed by atoms with E-state index in [2.05, 4.69) is 0 Å². The van der Waals surface area contributed by atoms with Gasteiger partial charge in [0.2, 0.25) is 0 Å². The zero-order valence-corrected chi connectivity index (χ0v) is 13.9. The van der Waals surface area contributed by atoms with Crippen molar-refractivity contribution in [1.29, 1.82) is 0 Å². The normalized spacial score (nSPS) is 21.5. The second kappa shape index (κ2) is 10.1. The third kappa shape index (κ3) is 6.53. The van der Waals surface area contributed by atoms with Crippen molar-refractivity contribution in [2.45, 2.75) is 88.9 Å². The van der Waals surface area contributed by atoms with Crippen LogP contribution < -0.4 is 5.73 Å². The van der Waals surface area contributed by atoms with E-state index in [4.69, 9.17) is 15.2 Å². The van der Waals surface area contributed by atoms with E-state index in [9.17, 15) is 9.59 Å². The van der Waals surface area contributed by atoms with Crippen LogP contribution in [0.15, 0.2) is 0 Å². The molecule has 0 aromatic carbocycles. The van der Waals surface area contributed by atoms with Crippen LogP contribution >= 0.6 is 12.4 Å². The standard InChI is InChI=1S/C16H27NO4.ClH/c17-14(16(19)21-13-9-5-2-6-10-13)11-15(18)20-12-7-3-1-4-8-12;/h12-14H,1-11,17H2;1H/t14-;/m0./s1. The van der Waals surface area contributed by atoms with Crippen molar-refractivity contribution in [2.24, 2.45) is 5.73 Å². The molecule has 0 radical (unpaired) electrons. The Morgan fingerprint density at radius 3 is 1.82 bits per heavy atom. The molecule has 2 N–H and O–H groups in total. The van der Waals surface area contributed by atoms with Crippen LogP contribution in [0.3, 0.4) is 0 Å². The Kier molecular flexibility index (Phi) is 8.79. The molecule has 0 aromatic heterocycles. The zero-order chi connectivity index (χ0) is 15.1. The van der Waals surface area contributed by atoms with Gasteiger partial charge in [0.15, 0.2) is 0 Å². The average molecular weight is 334 g/mol. The second-order valence-corrected chi connectivity index (χ2v) is 6.26. The number of hydrogen-bond acceptors (Lipinski definition) is 5. The third-order valence-electron chi connectivity index (χ3n) is 4.37. The summed E-state index contributed by atoms with van der Waals surface area (Å²) in [5.41, 5.74) is 5.77. The Bertz CT molecular complexity index is 352. The fourth-order valence-corrected chi connectivity index (χ4v) is 3.11. The van der Waals surface area contributed by atoms with Crippen molar-refractivity contribution < 1.29 is 19.1 Å². The molecular formula is C16H28ClNO4. The minimum atomic E-state index is -0.900. The Hall–Kier alpha value is -0.810. The Balaban J connectivity index is 0.00000242. The lowest BCUT2D eigenvalue weighted by Crippen LogP contribution is -2.38. The first-order valence-electron chi connectivity index (χ1n) is 8.30. The molecule has 128 valence electrons. The molecule has 22 heavy (non-hydrogen) atoms. The van der Waals surface area contributed by atoms with E-state index in [1.165, 1.54) is 12.8 Å². The number of rotatable bonds is 5. The van der Waals surface area contributed by atoms with Gasteiger partial charge in [-0.1, -0.05) is 12.8 Å². The maximum absolute atomic E-state index is 11.9. The molecule has 2 saturated carbocycles. The van der Waals surface area contributed by atoms with E-state index < -0.39 is 12.0 Å². The fourth-order valence-electron chi connectivity index (χ4n) is 3.11. The number of esters is 2. The van der Waals surface area contributed by atoms with Gasteiger partial charge in [-0.2, -0.15) is 0 Å². The van der Waals surface area contributed by atoms with Gasteiger partial charge in [-0.25, -0.2) is 0 Å². The van der Waals surface area contributed by atoms with Gasteiger partial charge in [0.25, 0.3) is 0 Å². The minimum Gasteiger partial charge on any atom is -0.462 e. The first-order chi connectivity index (χ1) is 10.1. The lowest BCUT2D eigenvalue weighted by atomic mass is 9.97. The van der Waals surface area contributed by atoms with Crippen molar-refractivity contribution >= 4 is 24.3 Å². The highest BCUT2D eigenvalue weighted by Gasteiger charge is 2.26. The van der Waals surface area contributed by atoms with E-state index in [-0.39, 0.29) is 37.0 Å². The lowest BCUT2D eigenvalue weighted by molar-refractivity contribution is -0.159. The quantitative estimate of drug-likeness (QED) is 0.783. The van der Waals surface area contributed by atoms with Gasteiger partial charge in [0.05, 0.1) is 6.42 Å². The molecule has 0 unspecified atom stereocenters. The number of halogens is 1. The first kappa shape index (κ1) is 19.2. The van der Waals surface area contributed by atoms with Crippen LogP contribution in [0.1, 0.15) is 70.6 Å². The minimum absolute atomic E-state index is 0. The SMILES string of the molecule is Cl.N[C@@H](CC(=O)OC1CCCCC1)C(=O)OC1CCCCC1. The number of carbonyl (C=O) groups is 2. The Morgan fingerprint density at radius 2 is 1.32 bits per heavy atom. The number of hydrogen-bond donors (Lipinski definition) is 1. The summed E-state index contributed by atoms with van der Waals surface area (Å²) in [6.07, 6.45) is 10.4. The molecule has 0 bridgehead atoms. The largest absolute Gasteiger partial charge is 0.462 e. The maximum atomic E-state index is 11.9. The molecule has 6 heteroatoms. The highest BCUT2D eigenvalue weighted by molar-refractivity contribution is 5.85. The number of carbonyl (C=O) groups excluding carboxylic acids is 2. The fraction of sp³-hybridized carbons (Fsp3) is 0.875. The molecule has 0 spiro atoms. The molecular weight excluding hydrogens is 306 g/mol. The summed E-state index contributed by atoms with van der Waals surface area (Å²) in [7, 11) is 0.